The van der Waals surface area contributed by atoms with E-state index in [1.165, 1.54) is 14.2 Å². The van der Waals surface area contributed by atoms with Crippen LogP contribution < -0.4 is 25.8 Å². The zero-order valence-corrected chi connectivity index (χ0v) is 18.8. The highest BCUT2D eigenvalue weighted by Gasteiger charge is 2.22. The van der Waals surface area contributed by atoms with Crippen LogP contribution in [0.4, 0.5) is 10.5 Å². The second-order valence-electron chi connectivity index (χ2n) is 7.28. The van der Waals surface area contributed by atoms with Gasteiger partial charge in [0, 0.05) is 23.9 Å². The molecule has 34 heavy (non-hydrogen) atoms. The van der Waals surface area contributed by atoms with Crippen molar-refractivity contribution in [2.24, 2.45) is 10.7 Å². The first-order valence-corrected chi connectivity index (χ1v) is 10.4. The van der Waals surface area contributed by atoms with Gasteiger partial charge in [-0.2, -0.15) is 4.99 Å². The number of aliphatic imine (C=N–C) groups is 1. The van der Waals surface area contributed by atoms with Crippen molar-refractivity contribution in [2.45, 2.75) is 12.6 Å². The molecular weight excluding hydrogens is 436 g/mol. The van der Waals surface area contributed by atoms with E-state index in [1.54, 1.807) is 42.5 Å². The molecule has 0 heterocycles. The zero-order chi connectivity index (χ0) is 24.5. The second-order valence-corrected chi connectivity index (χ2v) is 7.28. The van der Waals surface area contributed by atoms with Gasteiger partial charge in [-0.05, 0) is 47.5 Å². The minimum absolute atomic E-state index is 0.117. The number of nitrogens with two attached hydrogens (primary N) is 1. The largest absolute Gasteiger partial charge is 0.497 e. The van der Waals surface area contributed by atoms with Gasteiger partial charge in [-0.25, -0.2) is 4.79 Å². The second kappa shape index (κ2) is 11.4. The Bertz CT molecular complexity index is 1140. The third-order valence-electron chi connectivity index (χ3n) is 4.99. The summed E-state index contributed by atoms with van der Waals surface area (Å²) in [6.45, 7) is 0.361. The molecule has 0 radical (unpaired) electrons. The summed E-state index contributed by atoms with van der Waals surface area (Å²) in [5, 5.41) is 15.0. The Labute approximate surface area is 197 Å². The first kappa shape index (κ1) is 24.1. The Morgan fingerprint density at radius 3 is 2.15 bits per heavy atom. The maximum Gasteiger partial charge on any atom is 0.433 e. The molecule has 3 rings (SSSR count). The molecule has 5 N–H and O–H groups in total. The number of benzene rings is 3. The van der Waals surface area contributed by atoms with Gasteiger partial charge in [0.05, 0.1) is 14.2 Å². The van der Waals surface area contributed by atoms with Crippen molar-refractivity contribution in [2.75, 3.05) is 19.5 Å². The number of hydrogen-bond acceptors (Lipinski definition) is 5. The molecule has 9 nitrogen and oxygen atoms in total. The smallest absolute Gasteiger partial charge is 0.433 e. The minimum atomic E-state index is -1.37. The summed E-state index contributed by atoms with van der Waals surface area (Å²) >= 11 is 0. The van der Waals surface area contributed by atoms with Gasteiger partial charge in [0.25, 0.3) is 0 Å². The SMILES string of the molecule is COc1cc(OC)cc(C(Nc2ccc(C(N)=NC(=O)O)cc2)C(=O)NCc2ccccc2)c1. The molecule has 0 aliphatic rings. The summed E-state index contributed by atoms with van der Waals surface area (Å²) in [6, 6.07) is 20.7. The third-order valence-corrected chi connectivity index (χ3v) is 4.99. The molecule has 3 aromatic rings. The Balaban J connectivity index is 1.88. The van der Waals surface area contributed by atoms with Gasteiger partial charge >= 0.3 is 6.09 Å². The van der Waals surface area contributed by atoms with Crippen molar-refractivity contribution < 1.29 is 24.2 Å². The van der Waals surface area contributed by atoms with Crippen LogP contribution in [0.25, 0.3) is 0 Å². The predicted molar refractivity (Wildman–Crippen MR) is 129 cm³/mol. The molecule has 1 unspecified atom stereocenters. The molecule has 1 atom stereocenters. The number of amides is 2. The first-order valence-electron chi connectivity index (χ1n) is 10.4. The van der Waals surface area contributed by atoms with Crippen LogP contribution in [0.2, 0.25) is 0 Å². The maximum absolute atomic E-state index is 13.3. The van der Waals surface area contributed by atoms with E-state index in [-0.39, 0.29) is 11.7 Å². The number of nitrogens with one attached hydrogen (secondary N) is 2. The highest BCUT2D eigenvalue weighted by molar-refractivity contribution is 6.02. The number of nitrogens with zero attached hydrogens (tertiary/aromatic N) is 1. The van der Waals surface area contributed by atoms with Crippen LogP contribution in [0, 0.1) is 0 Å². The molecule has 0 saturated heterocycles. The third kappa shape index (κ3) is 6.49. The van der Waals surface area contributed by atoms with Gasteiger partial charge in [-0.1, -0.05) is 30.3 Å². The lowest BCUT2D eigenvalue weighted by Crippen LogP contribution is -2.33. The number of anilines is 1. The van der Waals surface area contributed by atoms with E-state index in [0.29, 0.717) is 34.9 Å². The number of amidine groups is 1. The number of rotatable bonds is 9. The summed E-state index contributed by atoms with van der Waals surface area (Å²) in [4.78, 5) is 27.3. The molecule has 3 aromatic carbocycles. The predicted octanol–water partition coefficient (Wildman–Crippen LogP) is 3.56. The van der Waals surface area contributed by atoms with Crippen molar-refractivity contribution >= 4 is 23.5 Å². The highest BCUT2D eigenvalue weighted by atomic mass is 16.5. The van der Waals surface area contributed by atoms with Crippen LogP contribution in [0.5, 0.6) is 11.5 Å². The van der Waals surface area contributed by atoms with E-state index in [4.69, 9.17) is 20.3 Å². The highest BCUT2D eigenvalue weighted by Crippen LogP contribution is 2.29. The number of ether oxygens (including phenoxy) is 2. The maximum atomic E-state index is 13.3. The normalized spacial score (nSPS) is 11.9. The number of carbonyl (C=O) groups excluding carboxylic acids is 1. The Hall–Kier alpha value is -4.53. The lowest BCUT2D eigenvalue weighted by atomic mass is 10.0. The summed E-state index contributed by atoms with van der Waals surface area (Å²) in [7, 11) is 3.08. The van der Waals surface area contributed by atoms with Gasteiger partial charge in [0.15, 0.2) is 0 Å². The standard InChI is InChI=1S/C25H26N4O5/c1-33-20-12-18(13-21(14-20)34-2)22(24(30)27-15-16-6-4-3-5-7-16)28-19-10-8-17(9-11-19)23(26)29-25(31)32/h3-14,22,28H,15H2,1-2H3,(H2,26,29)(H,27,30)(H,31,32). The van der Waals surface area contributed by atoms with Crippen LogP contribution in [0.15, 0.2) is 77.8 Å². The molecule has 2 amide bonds. The number of carboxylic acid groups (broad SMARTS) is 1. The fourth-order valence-corrected chi connectivity index (χ4v) is 3.25. The molecule has 0 fully saturated rings. The van der Waals surface area contributed by atoms with Crippen molar-refractivity contribution in [1.29, 1.82) is 0 Å². The molecule has 0 saturated carbocycles. The van der Waals surface area contributed by atoms with Crippen molar-refractivity contribution in [1.82, 2.24) is 5.32 Å². The van der Waals surface area contributed by atoms with Crippen LogP contribution in [-0.2, 0) is 11.3 Å². The average molecular weight is 463 g/mol. The average Bonchev–Trinajstić information content (AvgIpc) is 2.86. The lowest BCUT2D eigenvalue weighted by Gasteiger charge is -2.21. The van der Waals surface area contributed by atoms with Gasteiger partial charge in [0.1, 0.15) is 23.4 Å². The van der Waals surface area contributed by atoms with E-state index in [0.717, 1.165) is 5.56 Å². The van der Waals surface area contributed by atoms with Crippen molar-refractivity contribution in [3.8, 4) is 11.5 Å². The van der Waals surface area contributed by atoms with Gasteiger partial charge < -0.3 is 30.9 Å². The molecule has 0 aliphatic heterocycles. The van der Waals surface area contributed by atoms with E-state index in [9.17, 15) is 9.59 Å². The van der Waals surface area contributed by atoms with Crippen LogP contribution in [0.1, 0.15) is 22.7 Å². The molecule has 0 aromatic heterocycles. The quantitative estimate of drug-likeness (QED) is 0.282. The zero-order valence-electron chi connectivity index (χ0n) is 18.8. The van der Waals surface area contributed by atoms with Crippen molar-refractivity contribution in [3.63, 3.8) is 0 Å². The topological polar surface area (TPSA) is 135 Å². The Morgan fingerprint density at radius 2 is 1.59 bits per heavy atom. The minimum Gasteiger partial charge on any atom is -0.497 e. The van der Waals surface area contributed by atoms with Gasteiger partial charge in [0.2, 0.25) is 5.91 Å². The van der Waals surface area contributed by atoms with Gasteiger partial charge in [-0.15, -0.1) is 0 Å². The van der Waals surface area contributed by atoms with E-state index >= 15 is 0 Å². The van der Waals surface area contributed by atoms with Crippen LogP contribution in [-0.4, -0.2) is 37.2 Å². The summed E-state index contributed by atoms with van der Waals surface area (Å²) in [6.07, 6.45) is -1.37. The Morgan fingerprint density at radius 1 is 0.971 bits per heavy atom. The number of hydrogen-bond donors (Lipinski definition) is 4. The molecule has 0 aliphatic carbocycles. The summed E-state index contributed by atoms with van der Waals surface area (Å²) in [5.41, 5.74) is 8.37. The van der Waals surface area contributed by atoms with E-state index < -0.39 is 12.1 Å². The molecule has 176 valence electrons. The monoisotopic (exact) mass is 462 g/mol. The van der Waals surface area contributed by atoms with Gasteiger partial charge in [-0.3, -0.25) is 4.79 Å². The van der Waals surface area contributed by atoms with E-state index in [1.807, 2.05) is 30.3 Å². The molecule has 0 spiro atoms. The van der Waals surface area contributed by atoms with Crippen molar-refractivity contribution in [3.05, 3.63) is 89.5 Å². The molecular formula is C25H26N4O5. The number of methoxy groups -OCH3 is 2. The van der Waals surface area contributed by atoms with E-state index in [2.05, 4.69) is 15.6 Å². The number of carbonyl (C=O) groups is 2. The fourth-order valence-electron chi connectivity index (χ4n) is 3.25. The Kier molecular flexibility index (Phi) is 8.07. The van der Waals surface area contributed by atoms with Crippen LogP contribution >= 0.6 is 0 Å². The fraction of sp³-hybridized carbons (Fsp3) is 0.160. The molecule has 0 bridgehead atoms. The summed E-state index contributed by atoms with van der Waals surface area (Å²) < 4.78 is 10.7. The van der Waals surface area contributed by atoms with Crippen LogP contribution in [0.3, 0.4) is 0 Å². The lowest BCUT2D eigenvalue weighted by molar-refractivity contribution is -0.122. The first-order chi connectivity index (χ1) is 16.4. The summed E-state index contributed by atoms with van der Waals surface area (Å²) in [5.74, 6) is 0.721. The molecule has 9 heteroatoms.